The first-order valence-electron chi connectivity index (χ1n) is 6.55. The van der Waals surface area contributed by atoms with Crippen molar-refractivity contribution in [3.05, 3.63) is 30.1 Å². The SMILES string of the molecule is CC(Cc1noc(N)c1-c1ccccn1)C(C)(C)C. The summed E-state index contributed by atoms with van der Waals surface area (Å²) in [5.41, 5.74) is 8.64. The van der Waals surface area contributed by atoms with Crippen molar-refractivity contribution in [1.82, 2.24) is 10.1 Å². The highest BCUT2D eigenvalue weighted by atomic mass is 16.5. The van der Waals surface area contributed by atoms with Crippen LogP contribution in [0.5, 0.6) is 0 Å². The fraction of sp³-hybridized carbons (Fsp3) is 0.467. The summed E-state index contributed by atoms with van der Waals surface area (Å²) in [7, 11) is 0. The van der Waals surface area contributed by atoms with Crippen LogP contribution >= 0.6 is 0 Å². The Morgan fingerprint density at radius 1 is 1.32 bits per heavy atom. The van der Waals surface area contributed by atoms with Crippen LogP contribution in [-0.2, 0) is 6.42 Å². The Balaban J connectivity index is 2.34. The summed E-state index contributed by atoms with van der Waals surface area (Å²) in [6.07, 6.45) is 2.58. The van der Waals surface area contributed by atoms with E-state index in [1.54, 1.807) is 6.20 Å². The number of anilines is 1. The van der Waals surface area contributed by atoms with E-state index in [1.165, 1.54) is 0 Å². The summed E-state index contributed by atoms with van der Waals surface area (Å²) in [5, 5.41) is 4.11. The van der Waals surface area contributed by atoms with E-state index in [1.807, 2.05) is 18.2 Å². The first kappa shape index (κ1) is 13.6. The van der Waals surface area contributed by atoms with Crippen molar-refractivity contribution < 1.29 is 4.52 Å². The van der Waals surface area contributed by atoms with Gasteiger partial charge in [0, 0.05) is 6.20 Å². The van der Waals surface area contributed by atoms with Crippen molar-refractivity contribution in [1.29, 1.82) is 0 Å². The van der Waals surface area contributed by atoms with Gasteiger partial charge in [0.15, 0.2) is 0 Å². The molecule has 2 aromatic rings. The van der Waals surface area contributed by atoms with Gasteiger partial charge in [-0.2, -0.15) is 0 Å². The lowest BCUT2D eigenvalue weighted by Gasteiger charge is -2.26. The number of nitrogen functional groups attached to an aromatic ring is 1. The molecule has 4 nitrogen and oxygen atoms in total. The van der Waals surface area contributed by atoms with Crippen molar-refractivity contribution in [2.75, 3.05) is 5.73 Å². The maximum atomic E-state index is 5.89. The maximum absolute atomic E-state index is 5.89. The van der Waals surface area contributed by atoms with Crippen LogP contribution in [0.25, 0.3) is 11.3 Å². The molecule has 0 saturated carbocycles. The minimum atomic E-state index is 0.217. The molecule has 1 unspecified atom stereocenters. The van der Waals surface area contributed by atoms with Gasteiger partial charge in [-0.3, -0.25) is 4.98 Å². The van der Waals surface area contributed by atoms with Crippen LogP contribution in [0.15, 0.2) is 28.9 Å². The van der Waals surface area contributed by atoms with E-state index < -0.39 is 0 Å². The van der Waals surface area contributed by atoms with Gasteiger partial charge < -0.3 is 10.3 Å². The monoisotopic (exact) mass is 259 g/mol. The van der Waals surface area contributed by atoms with E-state index >= 15 is 0 Å². The van der Waals surface area contributed by atoms with Gasteiger partial charge in [0.25, 0.3) is 0 Å². The van der Waals surface area contributed by atoms with Crippen molar-refractivity contribution >= 4 is 5.88 Å². The molecule has 2 aromatic heterocycles. The molecular weight excluding hydrogens is 238 g/mol. The Bertz CT molecular complexity index is 540. The number of nitrogens with zero attached hydrogens (tertiary/aromatic N) is 2. The molecule has 102 valence electrons. The Labute approximate surface area is 114 Å². The summed E-state index contributed by atoms with van der Waals surface area (Å²) in [5.74, 6) is 0.814. The van der Waals surface area contributed by atoms with Gasteiger partial charge >= 0.3 is 0 Å². The van der Waals surface area contributed by atoms with Crippen LogP contribution < -0.4 is 5.73 Å². The molecule has 0 aliphatic rings. The van der Waals surface area contributed by atoms with E-state index in [9.17, 15) is 0 Å². The van der Waals surface area contributed by atoms with Crippen LogP contribution in [0.2, 0.25) is 0 Å². The predicted octanol–water partition coefficient (Wildman–Crippen LogP) is 3.54. The van der Waals surface area contributed by atoms with Crippen molar-refractivity contribution in [2.45, 2.75) is 34.1 Å². The second kappa shape index (κ2) is 5.03. The Morgan fingerprint density at radius 3 is 2.63 bits per heavy atom. The van der Waals surface area contributed by atoms with Gasteiger partial charge in [0.05, 0.1) is 17.0 Å². The molecule has 0 fully saturated rings. The molecule has 0 aromatic carbocycles. The first-order valence-corrected chi connectivity index (χ1v) is 6.55. The molecule has 2 rings (SSSR count). The fourth-order valence-corrected chi connectivity index (χ4v) is 1.86. The van der Waals surface area contributed by atoms with Gasteiger partial charge in [-0.1, -0.05) is 38.9 Å². The summed E-state index contributed by atoms with van der Waals surface area (Å²) in [4.78, 5) is 4.33. The van der Waals surface area contributed by atoms with Gasteiger partial charge in [-0.15, -0.1) is 0 Å². The van der Waals surface area contributed by atoms with E-state index in [0.29, 0.717) is 11.8 Å². The molecule has 0 bridgehead atoms. The number of nitrogens with two attached hydrogens (primary N) is 1. The third-order valence-electron chi connectivity index (χ3n) is 3.69. The molecule has 1 atom stereocenters. The maximum Gasteiger partial charge on any atom is 0.231 e. The summed E-state index contributed by atoms with van der Waals surface area (Å²) in [6, 6.07) is 5.74. The third kappa shape index (κ3) is 2.95. The molecule has 2 N–H and O–H groups in total. The normalized spacial score (nSPS) is 13.5. The molecule has 0 saturated heterocycles. The van der Waals surface area contributed by atoms with Crippen LogP contribution in [0.4, 0.5) is 5.88 Å². The van der Waals surface area contributed by atoms with Crippen LogP contribution in [-0.4, -0.2) is 10.1 Å². The number of rotatable bonds is 3. The van der Waals surface area contributed by atoms with Crippen molar-refractivity contribution in [3.8, 4) is 11.3 Å². The predicted molar refractivity (Wildman–Crippen MR) is 76.5 cm³/mol. The third-order valence-corrected chi connectivity index (χ3v) is 3.69. The fourth-order valence-electron chi connectivity index (χ4n) is 1.86. The minimum Gasteiger partial charge on any atom is -0.367 e. The van der Waals surface area contributed by atoms with Crippen LogP contribution in [0.1, 0.15) is 33.4 Å². The average molecular weight is 259 g/mol. The van der Waals surface area contributed by atoms with Crippen LogP contribution in [0.3, 0.4) is 0 Å². The van der Waals surface area contributed by atoms with Gasteiger partial charge in [0.2, 0.25) is 5.88 Å². The smallest absolute Gasteiger partial charge is 0.231 e. The highest BCUT2D eigenvalue weighted by Crippen LogP contribution is 2.34. The molecule has 0 aliphatic carbocycles. The van der Waals surface area contributed by atoms with Gasteiger partial charge in [-0.25, -0.2) is 0 Å². The lowest BCUT2D eigenvalue weighted by molar-refractivity contribution is 0.255. The molecule has 4 heteroatoms. The Kier molecular flexibility index (Phi) is 3.60. The summed E-state index contributed by atoms with van der Waals surface area (Å²) < 4.78 is 5.15. The molecule has 19 heavy (non-hydrogen) atoms. The second-order valence-electron chi connectivity index (χ2n) is 6.05. The molecule has 2 heterocycles. The molecule has 0 amide bonds. The van der Waals surface area contributed by atoms with E-state index in [2.05, 4.69) is 37.8 Å². The zero-order chi connectivity index (χ0) is 14.0. The van der Waals surface area contributed by atoms with Crippen molar-refractivity contribution in [3.63, 3.8) is 0 Å². The molecule has 0 radical (unpaired) electrons. The lowest BCUT2D eigenvalue weighted by atomic mass is 9.79. The summed E-state index contributed by atoms with van der Waals surface area (Å²) in [6.45, 7) is 8.89. The number of hydrogen-bond acceptors (Lipinski definition) is 4. The quantitative estimate of drug-likeness (QED) is 0.915. The lowest BCUT2D eigenvalue weighted by Crippen LogP contribution is -2.19. The average Bonchev–Trinajstić information content (AvgIpc) is 2.70. The molecule has 0 spiro atoms. The highest BCUT2D eigenvalue weighted by Gasteiger charge is 2.25. The number of pyridine rings is 1. The van der Waals surface area contributed by atoms with E-state index in [-0.39, 0.29) is 5.41 Å². The standard InChI is InChI=1S/C15H21N3O/c1-10(15(2,3)4)9-12-13(14(16)19-18-12)11-7-5-6-8-17-11/h5-8,10H,9,16H2,1-4H3. The van der Waals surface area contributed by atoms with Crippen molar-refractivity contribution in [2.24, 2.45) is 11.3 Å². The largest absolute Gasteiger partial charge is 0.367 e. The van der Waals surface area contributed by atoms with Gasteiger partial charge in [-0.05, 0) is 29.9 Å². The Hall–Kier alpha value is -1.84. The second-order valence-corrected chi connectivity index (χ2v) is 6.05. The highest BCUT2D eigenvalue weighted by molar-refractivity contribution is 5.71. The molecule has 0 aliphatic heterocycles. The topological polar surface area (TPSA) is 64.9 Å². The Morgan fingerprint density at radius 2 is 2.05 bits per heavy atom. The number of hydrogen-bond donors (Lipinski definition) is 1. The summed E-state index contributed by atoms with van der Waals surface area (Å²) >= 11 is 0. The number of aromatic nitrogens is 2. The van der Waals surface area contributed by atoms with E-state index in [4.69, 9.17) is 10.3 Å². The zero-order valence-corrected chi connectivity index (χ0v) is 12.0. The first-order chi connectivity index (χ1) is 8.89. The van der Waals surface area contributed by atoms with Gasteiger partial charge in [0.1, 0.15) is 0 Å². The molecular formula is C15H21N3O. The zero-order valence-electron chi connectivity index (χ0n) is 12.0. The minimum absolute atomic E-state index is 0.217. The van der Waals surface area contributed by atoms with E-state index in [0.717, 1.165) is 23.4 Å². The van der Waals surface area contributed by atoms with Crippen LogP contribution in [0, 0.1) is 11.3 Å².